The second-order valence-electron chi connectivity index (χ2n) is 19.4. The molecular weight excluding hydrogens is 658 g/mol. The van der Waals surface area contributed by atoms with Crippen LogP contribution in [0.2, 0.25) is 0 Å². The van der Waals surface area contributed by atoms with Crippen LogP contribution in [0.25, 0.3) is 0 Å². The predicted octanol–water partition coefficient (Wildman–Crippen LogP) is 4.40. The minimum atomic E-state index is -1.40. The summed E-state index contributed by atoms with van der Waals surface area (Å²) in [7, 11) is 0. The lowest BCUT2D eigenvalue weighted by atomic mass is 9.73. The summed E-state index contributed by atoms with van der Waals surface area (Å²) < 4.78 is 0. The molecule has 0 aromatic heterocycles. The Morgan fingerprint density at radius 3 is 2.10 bits per heavy atom. The molecule has 0 radical (unpaired) electrons. The van der Waals surface area contributed by atoms with Crippen molar-refractivity contribution in [3.63, 3.8) is 0 Å². The number of hydrogen-bond donors (Lipinski definition) is 4. The molecule has 0 aromatic carbocycles. The fourth-order valence-electron chi connectivity index (χ4n) is 11.6. The van der Waals surface area contributed by atoms with Gasteiger partial charge in [-0.2, -0.15) is 0 Å². The summed E-state index contributed by atoms with van der Waals surface area (Å²) in [5, 5.41) is 19.3. The standard InChI is InChI=1S/C41H63N5O6/c1-7-27-21-41(27,36(51)52)44-33(48)29-22-40(38(5,6)39(40)18-12-19-39)24-46(29)35(50)30(25-13-9-8-10-14-25)42-34(49)31(37(2,3)4)43-32(47)26-15-11-20-45(23-26)28-16-17-28/h7,25-31H,1,8-24H2,2-6H3,(H,42,49)(H,43,47)(H,44,48)(H,51,52)/t26-,27-,29+,30+,31-,40-,41-/m1/s1. The molecule has 7 rings (SSSR count). The number of fused-ring (bicyclic) bond motifs is 1. The third kappa shape index (κ3) is 5.99. The normalized spacial score (nSPS) is 34.9. The smallest absolute Gasteiger partial charge is 0.330 e. The van der Waals surface area contributed by atoms with Gasteiger partial charge in [-0.05, 0) is 92.9 Å². The highest BCUT2D eigenvalue weighted by atomic mass is 16.4. The zero-order valence-corrected chi connectivity index (χ0v) is 32.2. The van der Waals surface area contributed by atoms with Crippen LogP contribution in [0.5, 0.6) is 0 Å². The molecule has 4 N–H and O–H groups in total. The number of carbonyl (C=O) groups excluding carboxylic acids is 4. The summed E-state index contributed by atoms with van der Waals surface area (Å²) in [6, 6.07) is -1.95. The third-order valence-corrected chi connectivity index (χ3v) is 15.4. The first-order chi connectivity index (χ1) is 24.5. The maximum atomic E-state index is 15.1. The molecule has 7 fully saturated rings. The number of carboxylic acid groups (broad SMARTS) is 1. The Morgan fingerprint density at radius 2 is 1.56 bits per heavy atom. The van der Waals surface area contributed by atoms with Crippen molar-refractivity contribution in [1.29, 1.82) is 0 Å². The van der Waals surface area contributed by atoms with E-state index < -0.39 is 41.0 Å². The number of piperidine rings is 1. The van der Waals surface area contributed by atoms with Crippen molar-refractivity contribution in [2.24, 2.45) is 39.4 Å². The topological polar surface area (TPSA) is 148 Å². The van der Waals surface area contributed by atoms with Gasteiger partial charge in [-0.15, -0.1) is 6.58 Å². The molecule has 7 aliphatic rings. The van der Waals surface area contributed by atoms with Gasteiger partial charge >= 0.3 is 5.97 Å². The maximum Gasteiger partial charge on any atom is 0.330 e. The molecule has 2 saturated heterocycles. The van der Waals surface area contributed by atoms with Gasteiger partial charge in [0.1, 0.15) is 23.7 Å². The van der Waals surface area contributed by atoms with Gasteiger partial charge in [-0.3, -0.25) is 24.1 Å². The Morgan fingerprint density at radius 1 is 0.865 bits per heavy atom. The van der Waals surface area contributed by atoms with Crippen molar-refractivity contribution in [2.45, 2.75) is 154 Å². The van der Waals surface area contributed by atoms with Crippen LogP contribution in [0.4, 0.5) is 0 Å². The molecule has 4 amide bonds. The molecule has 5 saturated carbocycles. The lowest BCUT2D eigenvalue weighted by Gasteiger charge is -2.38. The molecule has 2 aliphatic heterocycles. The summed E-state index contributed by atoms with van der Waals surface area (Å²) in [6.45, 7) is 16.3. The number of rotatable bonds is 11. The second kappa shape index (κ2) is 13.1. The fraction of sp³-hybridized carbons (Fsp3) is 0.829. The Labute approximate surface area is 309 Å². The van der Waals surface area contributed by atoms with Crippen LogP contribution in [0.3, 0.4) is 0 Å². The fourth-order valence-corrected chi connectivity index (χ4v) is 11.6. The number of hydrogen-bond acceptors (Lipinski definition) is 6. The van der Waals surface area contributed by atoms with E-state index in [9.17, 15) is 24.3 Å². The van der Waals surface area contributed by atoms with Gasteiger partial charge in [0.15, 0.2) is 0 Å². The zero-order chi connectivity index (χ0) is 37.4. The predicted molar refractivity (Wildman–Crippen MR) is 197 cm³/mol. The first kappa shape index (κ1) is 37.4. The van der Waals surface area contributed by atoms with E-state index >= 15 is 4.79 Å². The van der Waals surface area contributed by atoms with Crippen LogP contribution in [-0.4, -0.2) is 93.8 Å². The van der Waals surface area contributed by atoms with Crippen molar-refractivity contribution in [3.05, 3.63) is 12.7 Å². The molecular formula is C41H63N5O6. The SMILES string of the molecule is C=C[C@@H]1C[C@]1(NC(=O)[C@@H]1C[C@@]2(CN1C(=O)[C@@H](NC(=O)[C@@H](NC(=O)[C@@H]1CCCN(C3CC3)C1)C(C)(C)C)C1CCCCC1)C(C)(C)C21CCC1)C(=O)O. The first-order valence-electron chi connectivity index (χ1n) is 20.4. The lowest BCUT2D eigenvalue weighted by molar-refractivity contribution is -0.147. The molecule has 2 heterocycles. The number of nitrogens with one attached hydrogen (secondary N) is 3. The van der Waals surface area contributed by atoms with Crippen molar-refractivity contribution in [3.8, 4) is 0 Å². The Hall–Kier alpha value is -2.95. The summed E-state index contributed by atoms with van der Waals surface area (Å²) in [5.41, 5.74) is -2.28. The van der Waals surface area contributed by atoms with Crippen LogP contribution in [-0.2, 0) is 24.0 Å². The van der Waals surface area contributed by atoms with Gasteiger partial charge in [-0.1, -0.05) is 66.4 Å². The zero-order valence-electron chi connectivity index (χ0n) is 32.2. The maximum absolute atomic E-state index is 15.1. The van der Waals surface area contributed by atoms with E-state index in [0.29, 0.717) is 25.6 Å². The van der Waals surface area contributed by atoms with Crippen molar-refractivity contribution in [1.82, 2.24) is 25.8 Å². The Kier molecular flexibility index (Phi) is 9.43. The molecule has 0 unspecified atom stereocenters. The Balaban J connectivity index is 1.14. The van der Waals surface area contributed by atoms with Crippen molar-refractivity contribution >= 4 is 29.6 Å². The third-order valence-electron chi connectivity index (χ3n) is 15.4. The van der Waals surface area contributed by atoms with Crippen molar-refractivity contribution < 1.29 is 29.1 Å². The minimum Gasteiger partial charge on any atom is -0.479 e. The Bertz CT molecular complexity index is 1490. The highest BCUT2D eigenvalue weighted by Gasteiger charge is 2.85. The number of amides is 4. The largest absolute Gasteiger partial charge is 0.479 e. The lowest BCUT2D eigenvalue weighted by Crippen LogP contribution is -2.62. The van der Waals surface area contributed by atoms with Gasteiger partial charge in [0.05, 0.1) is 5.92 Å². The summed E-state index contributed by atoms with van der Waals surface area (Å²) in [4.78, 5) is 74.2. The minimum absolute atomic E-state index is 0.0562. The summed E-state index contributed by atoms with van der Waals surface area (Å²) in [6.07, 6.45) is 14.3. The number of carboxylic acids is 1. The summed E-state index contributed by atoms with van der Waals surface area (Å²) in [5.74, 6) is -2.90. The first-order valence-corrected chi connectivity index (χ1v) is 20.4. The van der Waals surface area contributed by atoms with E-state index in [2.05, 4.69) is 41.3 Å². The second-order valence-corrected chi connectivity index (χ2v) is 19.4. The van der Waals surface area contributed by atoms with Crippen LogP contribution >= 0.6 is 0 Å². The van der Waals surface area contributed by atoms with E-state index in [-0.39, 0.29) is 58.1 Å². The van der Waals surface area contributed by atoms with Crippen molar-refractivity contribution in [2.75, 3.05) is 19.6 Å². The highest BCUT2D eigenvalue weighted by molar-refractivity contribution is 5.97. The van der Waals surface area contributed by atoms with E-state index in [4.69, 9.17) is 0 Å². The number of nitrogens with zero attached hydrogens (tertiary/aromatic N) is 2. The molecule has 11 nitrogen and oxygen atoms in total. The molecule has 7 atom stereocenters. The van der Waals surface area contributed by atoms with Crippen LogP contribution in [0.15, 0.2) is 12.7 Å². The van der Waals surface area contributed by atoms with E-state index in [0.717, 1.165) is 70.8 Å². The average Bonchev–Trinajstić information content (AvgIpc) is 4.03. The monoisotopic (exact) mass is 721 g/mol. The molecule has 0 aromatic rings. The molecule has 52 heavy (non-hydrogen) atoms. The van der Waals surface area contributed by atoms with E-state index in [1.807, 2.05) is 20.8 Å². The molecule has 11 heteroatoms. The van der Waals surface area contributed by atoms with Gasteiger partial charge < -0.3 is 26.0 Å². The number of aliphatic carboxylic acids is 1. The van der Waals surface area contributed by atoms with E-state index in [1.54, 1.807) is 11.0 Å². The summed E-state index contributed by atoms with van der Waals surface area (Å²) >= 11 is 0. The molecule has 5 aliphatic carbocycles. The quantitative estimate of drug-likeness (QED) is 0.231. The van der Waals surface area contributed by atoms with Gasteiger partial charge in [0.25, 0.3) is 0 Å². The molecule has 0 bridgehead atoms. The van der Waals surface area contributed by atoms with Gasteiger partial charge in [0.2, 0.25) is 23.6 Å². The number of likely N-dealkylation sites (tertiary alicyclic amines) is 2. The van der Waals surface area contributed by atoms with Gasteiger partial charge in [0, 0.05) is 30.5 Å². The van der Waals surface area contributed by atoms with E-state index in [1.165, 1.54) is 12.8 Å². The molecule has 2 spiro atoms. The van der Waals surface area contributed by atoms with Crippen LogP contribution in [0, 0.1) is 39.4 Å². The highest BCUT2D eigenvalue weighted by Crippen LogP contribution is 2.88. The van der Waals surface area contributed by atoms with Gasteiger partial charge in [-0.25, -0.2) is 4.79 Å². The number of carbonyl (C=O) groups is 5. The molecule has 288 valence electrons. The average molecular weight is 722 g/mol. The van der Waals surface area contributed by atoms with Crippen LogP contribution < -0.4 is 16.0 Å². The van der Waals surface area contributed by atoms with Crippen LogP contribution in [0.1, 0.15) is 125 Å².